The standard InChI is InChI=1S/C17H20N4O3/c22-15-3-1-2-12(6-15)9-21-10-13(7-16(21)23)17(24)19-5-4-14-8-18-11-20-14/h1-3,6,8,11,13,22H,4-5,7,9-10H2,(H,18,20)(H,19,24). The van der Waals surface area contributed by atoms with Gasteiger partial charge in [-0.1, -0.05) is 12.1 Å². The van der Waals surface area contributed by atoms with Crippen molar-refractivity contribution in [1.82, 2.24) is 20.2 Å². The number of hydrogen-bond acceptors (Lipinski definition) is 4. The quantitative estimate of drug-likeness (QED) is 0.731. The van der Waals surface area contributed by atoms with Crippen molar-refractivity contribution >= 4 is 11.8 Å². The summed E-state index contributed by atoms with van der Waals surface area (Å²) < 4.78 is 0. The van der Waals surface area contributed by atoms with Crippen molar-refractivity contribution < 1.29 is 14.7 Å². The van der Waals surface area contributed by atoms with Crippen LogP contribution in [0.4, 0.5) is 0 Å². The van der Waals surface area contributed by atoms with Crippen molar-refractivity contribution in [2.75, 3.05) is 13.1 Å². The van der Waals surface area contributed by atoms with Crippen LogP contribution in [0.5, 0.6) is 5.75 Å². The van der Waals surface area contributed by atoms with Gasteiger partial charge in [0, 0.05) is 38.7 Å². The molecular formula is C17H20N4O3. The van der Waals surface area contributed by atoms with Crippen LogP contribution in [0.15, 0.2) is 36.8 Å². The van der Waals surface area contributed by atoms with E-state index in [0.29, 0.717) is 26.1 Å². The van der Waals surface area contributed by atoms with Crippen LogP contribution in [0.2, 0.25) is 0 Å². The summed E-state index contributed by atoms with van der Waals surface area (Å²) in [4.78, 5) is 32.9. The fraction of sp³-hybridized carbons (Fsp3) is 0.353. The van der Waals surface area contributed by atoms with Gasteiger partial charge in [-0.3, -0.25) is 9.59 Å². The lowest BCUT2D eigenvalue weighted by molar-refractivity contribution is -0.129. The zero-order valence-corrected chi connectivity index (χ0v) is 13.2. The van der Waals surface area contributed by atoms with Crippen molar-refractivity contribution in [3.63, 3.8) is 0 Å². The van der Waals surface area contributed by atoms with Gasteiger partial charge in [0.05, 0.1) is 17.9 Å². The highest BCUT2D eigenvalue weighted by molar-refractivity contribution is 5.89. The summed E-state index contributed by atoms with van der Waals surface area (Å²) in [5.41, 5.74) is 1.74. The Labute approximate surface area is 139 Å². The molecule has 3 N–H and O–H groups in total. The SMILES string of the molecule is O=C(NCCc1c[nH]cn1)C1CC(=O)N(Cc2cccc(O)c2)C1. The Hall–Kier alpha value is -2.83. The van der Waals surface area contributed by atoms with Crippen LogP contribution in [0.3, 0.4) is 0 Å². The maximum atomic E-state index is 12.2. The van der Waals surface area contributed by atoms with Gasteiger partial charge in [0.15, 0.2) is 0 Å². The number of H-pyrrole nitrogens is 1. The lowest BCUT2D eigenvalue weighted by atomic mass is 10.1. The lowest BCUT2D eigenvalue weighted by Crippen LogP contribution is -2.34. The number of aromatic nitrogens is 2. The molecule has 1 fully saturated rings. The molecule has 2 aromatic rings. The van der Waals surface area contributed by atoms with Gasteiger partial charge in [0.2, 0.25) is 11.8 Å². The second kappa shape index (κ2) is 7.16. The van der Waals surface area contributed by atoms with E-state index in [1.54, 1.807) is 35.6 Å². The highest BCUT2D eigenvalue weighted by Crippen LogP contribution is 2.21. The van der Waals surface area contributed by atoms with Crippen LogP contribution >= 0.6 is 0 Å². The Balaban J connectivity index is 1.49. The summed E-state index contributed by atoms with van der Waals surface area (Å²) in [7, 11) is 0. The molecule has 1 atom stereocenters. The van der Waals surface area contributed by atoms with Crippen LogP contribution in [0.25, 0.3) is 0 Å². The van der Waals surface area contributed by atoms with Crippen molar-refractivity contribution in [2.24, 2.45) is 5.92 Å². The van der Waals surface area contributed by atoms with Gasteiger partial charge in [-0.25, -0.2) is 4.98 Å². The van der Waals surface area contributed by atoms with Gasteiger partial charge in [0.1, 0.15) is 5.75 Å². The monoisotopic (exact) mass is 328 g/mol. The zero-order chi connectivity index (χ0) is 16.9. The first-order chi connectivity index (χ1) is 11.6. The highest BCUT2D eigenvalue weighted by atomic mass is 16.3. The Morgan fingerprint density at radius 1 is 1.46 bits per heavy atom. The highest BCUT2D eigenvalue weighted by Gasteiger charge is 2.34. The second-order valence-electron chi connectivity index (χ2n) is 5.95. The van der Waals surface area contributed by atoms with E-state index in [2.05, 4.69) is 15.3 Å². The van der Waals surface area contributed by atoms with Gasteiger partial charge in [-0.05, 0) is 17.7 Å². The number of carbonyl (C=O) groups excluding carboxylic acids is 2. The van der Waals surface area contributed by atoms with Gasteiger partial charge in [-0.15, -0.1) is 0 Å². The molecule has 1 saturated heterocycles. The summed E-state index contributed by atoms with van der Waals surface area (Å²) in [6, 6.07) is 6.81. The number of benzene rings is 1. The number of likely N-dealkylation sites (tertiary alicyclic amines) is 1. The third kappa shape index (κ3) is 3.92. The molecule has 1 aliphatic rings. The average Bonchev–Trinajstić information content (AvgIpc) is 3.18. The average molecular weight is 328 g/mol. The molecule has 0 aliphatic carbocycles. The molecule has 1 aromatic carbocycles. The molecule has 7 nitrogen and oxygen atoms in total. The Morgan fingerprint density at radius 3 is 3.08 bits per heavy atom. The van der Waals surface area contributed by atoms with E-state index in [-0.39, 0.29) is 29.9 Å². The number of amides is 2. The first-order valence-electron chi connectivity index (χ1n) is 7.93. The topological polar surface area (TPSA) is 98.3 Å². The molecule has 1 unspecified atom stereocenters. The minimum Gasteiger partial charge on any atom is -0.508 e. The van der Waals surface area contributed by atoms with E-state index in [0.717, 1.165) is 11.3 Å². The van der Waals surface area contributed by atoms with Crippen LogP contribution in [-0.2, 0) is 22.6 Å². The number of rotatable bonds is 6. The molecule has 0 saturated carbocycles. The molecule has 1 aromatic heterocycles. The molecule has 126 valence electrons. The number of aromatic hydroxyl groups is 1. The molecule has 0 radical (unpaired) electrons. The van der Waals surface area contributed by atoms with Gasteiger partial charge in [-0.2, -0.15) is 0 Å². The number of nitrogens with one attached hydrogen (secondary N) is 2. The minimum atomic E-state index is -0.325. The summed E-state index contributed by atoms with van der Waals surface area (Å²) in [6.07, 6.45) is 4.28. The first kappa shape index (κ1) is 16.0. The van der Waals surface area contributed by atoms with E-state index in [4.69, 9.17) is 0 Å². The van der Waals surface area contributed by atoms with Crippen LogP contribution in [0.1, 0.15) is 17.7 Å². The maximum absolute atomic E-state index is 12.2. The van der Waals surface area contributed by atoms with Gasteiger partial charge >= 0.3 is 0 Å². The van der Waals surface area contributed by atoms with Gasteiger partial charge < -0.3 is 20.3 Å². The van der Waals surface area contributed by atoms with Crippen molar-refractivity contribution in [2.45, 2.75) is 19.4 Å². The number of imidazole rings is 1. The predicted molar refractivity (Wildman–Crippen MR) is 86.9 cm³/mol. The molecule has 3 rings (SSSR count). The molecule has 0 spiro atoms. The molecule has 2 heterocycles. The van der Waals surface area contributed by atoms with E-state index in [1.807, 2.05) is 6.07 Å². The van der Waals surface area contributed by atoms with Crippen molar-refractivity contribution in [3.05, 3.63) is 48.0 Å². The van der Waals surface area contributed by atoms with Crippen LogP contribution in [-0.4, -0.2) is 44.9 Å². The van der Waals surface area contributed by atoms with Crippen LogP contribution in [0, 0.1) is 5.92 Å². The first-order valence-corrected chi connectivity index (χ1v) is 7.93. The van der Waals surface area contributed by atoms with E-state index >= 15 is 0 Å². The fourth-order valence-corrected chi connectivity index (χ4v) is 2.86. The minimum absolute atomic E-state index is 0.0363. The van der Waals surface area contributed by atoms with Gasteiger partial charge in [0.25, 0.3) is 0 Å². The molecule has 7 heteroatoms. The number of phenolic OH excluding ortho intramolecular Hbond substituents is 1. The third-order valence-electron chi connectivity index (χ3n) is 4.10. The van der Waals surface area contributed by atoms with E-state index in [1.165, 1.54) is 0 Å². The molecule has 0 bridgehead atoms. The number of phenols is 1. The number of carbonyl (C=O) groups is 2. The van der Waals surface area contributed by atoms with E-state index in [9.17, 15) is 14.7 Å². The van der Waals surface area contributed by atoms with E-state index < -0.39 is 0 Å². The third-order valence-corrected chi connectivity index (χ3v) is 4.10. The second-order valence-corrected chi connectivity index (χ2v) is 5.95. The Morgan fingerprint density at radius 2 is 2.33 bits per heavy atom. The number of aromatic amines is 1. The summed E-state index contributed by atoms with van der Waals surface area (Å²) in [5, 5.41) is 12.4. The lowest BCUT2D eigenvalue weighted by Gasteiger charge is -2.16. The normalized spacial score (nSPS) is 17.2. The number of hydrogen-bond donors (Lipinski definition) is 3. The molecular weight excluding hydrogens is 308 g/mol. The zero-order valence-electron chi connectivity index (χ0n) is 13.2. The predicted octanol–water partition coefficient (Wildman–Crippen LogP) is 0.823. The fourth-order valence-electron chi connectivity index (χ4n) is 2.86. The summed E-state index contributed by atoms with van der Waals surface area (Å²) in [6.45, 7) is 1.31. The Bertz CT molecular complexity index is 714. The molecule has 2 amide bonds. The Kier molecular flexibility index (Phi) is 4.79. The maximum Gasteiger partial charge on any atom is 0.225 e. The van der Waals surface area contributed by atoms with Crippen molar-refractivity contribution in [1.29, 1.82) is 0 Å². The molecule has 24 heavy (non-hydrogen) atoms. The smallest absolute Gasteiger partial charge is 0.225 e. The van der Waals surface area contributed by atoms with Crippen molar-refractivity contribution in [3.8, 4) is 5.75 Å². The summed E-state index contributed by atoms with van der Waals surface area (Å²) >= 11 is 0. The molecule has 1 aliphatic heterocycles. The largest absolute Gasteiger partial charge is 0.508 e. The van der Waals surface area contributed by atoms with Crippen LogP contribution < -0.4 is 5.32 Å². The number of nitrogens with zero attached hydrogens (tertiary/aromatic N) is 2. The summed E-state index contributed by atoms with van der Waals surface area (Å²) in [5.74, 6) is -0.288.